The summed E-state index contributed by atoms with van der Waals surface area (Å²) in [6, 6.07) is 15.1. The van der Waals surface area contributed by atoms with Gasteiger partial charge in [-0.05, 0) is 36.8 Å². The number of benzene rings is 2. The first kappa shape index (κ1) is 16.6. The van der Waals surface area contributed by atoms with Crippen molar-refractivity contribution >= 4 is 17.7 Å². The van der Waals surface area contributed by atoms with E-state index in [9.17, 15) is 4.79 Å². The molecule has 0 heterocycles. The van der Waals surface area contributed by atoms with E-state index in [1.807, 2.05) is 67.6 Å². The van der Waals surface area contributed by atoms with Gasteiger partial charge in [0.1, 0.15) is 0 Å². The molecule has 120 valence electrons. The fourth-order valence-corrected chi connectivity index (χ4v) is 2.13. The van der Waals surface area contributed by atoms with Crippen molar-refractivity contribution in [2.75, 3.05) is 25.7 Å². The van der Waals surface area contributed by atoms with Gasteiger partial charge in [0.05, 0.1) is 7.11 Å². The number of amides is 1. The second-order valence-corrected chi connectivity index (χ2v) is 4.99. The molecule has 4 nitrogen and oxygen atoms in total. The maximum absolute atomic E-state index is 12.2. The molecule has 0 aliphatic heterocycles. The van der Waals surface area contributed by atoms with Gasteiger partial charge in [-0.15, -0.1) is 0 Å². The van der Waals surface area contributed by atoms with E-state index >= 15 is 0 Å². The Morgan fingerprint density at radius 2 is 1.87 bits per heavy atom. The van der Waals surface area contributed by atoms with Crippen molar-refractivity contribution in [2.24, 2.45) is 0 Å². The average Bonchev–Trinajstić information content (AvgIpc) is 2.60. The summed E-state index contributed by atoms with van der Waals surface area (Å²) in [7, 11) is 3.31. The molecule has 0 aliphatic carbocycles. The fourth-order valence-electron chi connectivity index (χ4n) is 2.13. The van der Waals surface area contributed by atoms with Gasteiger partial charge in [0.25, 0.3) is 5.91 Å². The van der Waals surface area contributed by atoms with E-state index in [1.165, 1.54) is 0 Å². The zero-order valence-electron chi connectivity index (χ0n) is 13.7. The highest BCUT2D eigenvalue weighted by Gasteiger charge is 2.13. The van der Waals surface area contributed by atoms with Crippen LogP contribution in [0.2, 0.25) is 0 Å². The molecule has 1 amide bonds. The fraction of sp³-hybridized carbons (Fsp3) is 0.211. The minimum Gasteiger partial charge on any atom is -0.493 e. The summed E-state index contributed by atoms with van der Waals surface area (Å²) in [6.07, 6.45) is 3.92. The first-order valence-electron chi connectivity index (χ1n) is 7.41. The van der Waals surface area contributed by atoms with Crippen molar-refractivity contribution in [3.05, 3.63) is 60.2 Å². The van der Waals surface area contributed by atoms with Crippen LogP contribution in [0.25, 0.3) is 6.08 Å². The number of carbonyl (C=O) groups is 1. The van der Waals surface area contributed by atoms with Crippen LogP contribution in [-0.4, -0.2) is 26.7 Å². The van der Waals surface area contributed by atoms with Crippen molar-refractivity contribution in [3.8, 4) is 11.5 Å². The Hall–Kier alpha value is -2.75. The average molecular weight is 311 g/mol. The number of rotatable bonds is 6. The monoisotopic (exact) mass is 311 g/mol. The summed E-state index contributed by atoms with van der Waals surface area (Å²) in [5, 5.41) is 0. The third-order valence-electron chi connectivity index (χ3n) is 3.42. The molecule has 2 aromatic rings. The normalized spacial score (nSPS) is 10.6. The standard InChI is InChI=1S/C19H21NO3/c1-4-8-15-11-12-17(18(13-15)22-3)23-14-19(21)20(2)16-9-6-5-7-10-16/h4-13H,14H2,1-3H3/b8-4+. The molecule has 0 aromatic heterocycles. The predicted octanol–water partition coefficient (Wildman–Crippen LogP) is 3.77. The second kappa shape index (κ2) is 8.03. The molecular weight excluding hydrogens is 290 g/mol. The molecule has 0 N–H and O–H groups in total. The molecule has 0 spiro atoms. The molecule has 0 bridgehead atoms. The maximum Gasteiger partial charge on any atom is 0.264 e. The Labute approximate surface area is 137 Å². The third-order valence-corrected chi connectivity index (χ3v) is 3.42. The molecule has 2 aromatic carbocycles. The summed E-state index contributed by atoms with van der Waals surface area (Å²) >= 11 is 0. The summed E-state index contributed by atoms with van der Waals surface area (Å²) in [4.78, 5) is 13.8. The van der Waals surface area contributed by atoms with Crippen LogP contribution >= 0.6 is 0 Å². The topological polar surface area (TPSA) is 38.8 Å². The number of anilines is 1. The van der Waals surface area contributed by atoms with Crippen molar-refractivity contribution in [1.29, 1.82) is 0 Å². The minimum absolute atomic E-state index is 0.0509. The van der Waals surface area contributed by atoms with Crippen LogP contribution in [-0.2, 0) is 4.79 Å². The molecule has 2 rings (SSSR count). The number of carbonyl (C=O) groups excluding carboxylic acids is 1. The number of para-hydroxylation sites is 1. The number of likely N-dealkylation sites (N-methyl/N-ethyl adjacent to an activating group) is 1. The summed E-state index contributed by atoms with van der Waals surface area (Å²) in [6.45, 7) is 1.90. The molecule has 0 fully saturated rings. The van der Waals surface area contributed by atoms with Crippen LogP contribution in [0.3, 0.4) is 0 Å². The van der Waals surface area contributed by atoms with Crippen LogP contribution in [0, 0.1) is 0 Å². The molecule has 23 heavy (non-hydrogen) atoms. The molecular formula is C19H21NO3. The number of methoxy groups -OCH3 is 1. The van der Waals surface area contributed by atoms with Gasteiger partial charge in [-0.2, -0.15) is 0 Å². The van der Waals surface area contributed by atoms with E-state index in [0.717, 1.165) is 11.3 Å². The van der Waals surface area contributed by atoms with Crippen LogP contribution in [0.15, 0.2) is 54.6 Å². The lowest BCUT2D eigenvalue weighted by atomic mass is 10.2. The van der Waals surface area contributed by atoms with E-state index in [0.29, 0.717) is 11.5 Å². The number of nitrogens with zero attached hydrogens (tertiary/aromatic N) is 1. The smallest absolute Gasteiger partial charge is 0.264 e. The molecule has 0 saturated heterocycles. The molecule has 0 aliphatic rings. The third kappa shape index (κ3) is 4.36. The number of allylic oxidation sites excluding steroid dienone is 1. The van der Waals surface area contributed by atoms with Gasteiger partial charge in [-0.3, -0.25) is 4.79 Å². The van der Waals surface area contributed by atoms with Crippen LogP contribution in [0.1, 0.15) is 12.5 Å². The first-order chi connectivity index (χ1) is 11.2. The predicted molar refractivity (Wildman–Crippen MR) is 93.0 cm³/mol. The van der Waals surface area contributed by atoms with Gasteiger partial charge >= 0.3 is 0 Å². The Balaban J connectivity index is 2.04. The highest BCUT2D eigenvalue weighted by molar-refractivity contribution is 5.93. The van der Waals surface area contributed by atoms with Crippen molar-refractivity contribution in [1.82, 2.24) is 0 Å². The van der Waals surface area contributed by atoms with E-state index < -0.39 is 0 Å². The number of ether oxygens (including phenoxy) is 2. The van der Waals surface area contributed by atoms with Crippen molar-refractivity contribution < 1.29 is 14.3 Å². The van der Waals surface area contributed by atoms with E-state index in [4.69, 9.17) is 9.47 Å². The Morgan fingerprint density at radius 3 is 2.52 bits per heavy atom. The molecule has 0 radical (unpaired) electrons. The first-order valence-corrected chi connectivity index (χ1v) is 7.41. The van der Waals surface area contributed by atoms with Gasteiger partial charge in [0, 0.05) is 12.7 Å². The highest BCUT2D eigenvalue weighted by Crippen LogP contribution is 2.28. The Bertz CT molecular complexity index is 680. The lowest BCUT2D eigenvalue weighted by molar-refractivity contribution is -0.120. The van der Waals surface area contributed by atoms with Gasteiger partial charge < -0.3 is 14.4 Å². The lowest BCUT2D eigenvalue weighted by Crippen LogP contribution is -2.31. The lowest BCUT2D eigenvalue weighted by Gasteiger charge is -2.18. The van der Waals surface area contributed by atoms with Crippen LogP contribution < -0.4 is 14.4 Å². The SMILES string of the molecule is C/C=C/c1ccc(OCC(=O)N(C)c2ccccc2)c(OC)c1. The summed E-state index contributed by atoms with van der Waals surface area (Å²) < 4.78 is 11.0. The van der Waals surface area contributed by atoms with E-state index in [-0.39, 0.29) is 12.5 Å². The minimum atomic E-state index is -0.129. The van der Waals surface area contributed by atoms with E-state index in [1.54, 1.807) is 19.1 Å². The maximum atomic E-state index is 12.2. The zero-order valence-corrected chi connectivity index (χ0v) is 13.7. The Morgan fingerprint density at radius 1 is 1.13 bits per heavy atom. The summed E-state index contributed by atoms with van der Waals surface area (Å²) in [5.74, 6) is 1.03. The number of hydrogen-bond acceptors (Lipinski definition) is 3. The van der Waals surface area contributed by atoms with Crippen LogP contribution in [0.4, 0.5) is 5.69 Å². The van der Waals surface area contributed by atoms with Gasteiger partial charge in [-0.1, -0.05) is 36.4 Å². The van der Waals surface area contributed by atoms with E-state index in [2.05, 4.69) is 0 Å². The summed E-state index contributed by atoms with van der Waals surface area (Å²) in [5.41, 5.74) is 1.85. The molecule has 4 heteroatoms. The van der Waals surface area contributed by atoms with Crippen molar-refractivity contribution in [3.63, 3.8) is 0 Å². The Kier molecular flexibility index (Phi) is 5.80. The zero-order chi connectivity index (χ0) is 16.7. The van der Waals surface area contributed by atoms with Gasteiger partial charge in [-0.25, -0.2) is 0 Å². The quantitative estimate of drug-likeness (QED) is 0.815. The molecule has 0 unspecified atom stereocenters. The van der Waals surface area contributed by atoms with Crippen LogP contribution in [0.5, 0.6) is 11.5 Å². The number of hydrogen-bond donors (Lipinski definition) is 0. The second-order valence-electron chi connectivity index (χ2n) is 4.99. The van der Waals surface area contributed by atoms with Crippen molar-refractivity contribution in [2.45, 2.75) is 6.92 Å². The molecule has 0 saturated carbocycles. The van der Waals surface area contributed by atoms with Gasteiger partial charge in [0.15, 0.2) is 18.1 Å². The largest absolute Gasteiger partial charge is 0.493 e. The molecule has 0 atom stereocenters. The highest BCUT2D eigenvalue weighted by atomic mass is 16.5. The van der Waals surface area contributed by atoms with Gasteiger partial charge in [0.2, 0.25) is 0 Å².